The second kappa shape index (κ2) is 6.61. The Morgan fingerprint density at radius 2 is 1.85 bits per heavy atom. The predicted molar refractivity (Wildman–Crippen MR) is 108 cm³/mol. The largest absolute Gasteiger partial charge is 0.497 e. The number of nitrogens with one attached hydrogen (secondary N) is 1. The highest BCUT2D eigenvalue weighted by Crippen LogP contribution is 2.41. The predicted octanol–water partition coefficient (Wildman–Crippen LogP) is 5.39. The van der Waals surface area contributed by atoms with Crippen molar-refractivity contribution in [3.05, 3.63) is 69.6 Å². The van der Waals surface area contributed by atoms with Gasteiger partial charge in [-0.25, -0.2) is 0 Å². The summed E-state index contributed by atoms with van der Waals surface area (Å²) < 4.78 is 5.34. The summed E-state index contributed by atoms with van der Waals surface area (Å²) in [6.45, 7) is 4.07. The van der Waals surface area contributed by atoms with Crippen LogP contribution in [0.5, 0.6) is 5.75 Å². The first-order valence-corrected chi connectivity index (χ1v) is 9.55. The van der Waals surface area contributed by atoms with Crippen LogP contribution in [0.15, 0.2) is 42.5 Å². The van der Waals surface area contributed by atoms with Gasteiger partial charge in [-0.3, -0.25) is 4.79 Å². The van der Waals surface area contributed by atoms with Crippen LogP contribution in [0, 0.1) is 13.8 Å². The van der Waals surface area contributed by atoms with E-state index in [1.54, 1.807) is 18.4 Å². The number of aryl methyl sites for hydroxylation is 4. The molecule has 132 valence electrons. The molecular weight excluding hydrogens is 342 g/mol. The number of thiophene rings is 1. The Morgan fingerprint density at radius 3 is 2.62 bits per heavy atom. The fraction of sp³-hybridized carbons (Fsp3) is 0.227. The molecule has 1 aliphatic rings. The van der Waals surface area contributed by atoms with Crippen LogP contribution in [0.1, 0.15) is 31.9 Å². The molecule has 0 atom stereocenters. The van der Waals surface area contributed by atoms with E-state index >= 15 is 0 Å². The van der Waals surface area contributed by atoms with Crippen LogP contribution in [-0.2, 0) is 12.8 Å². The maximum Gasteiger partial charge on any atom is 0.265 e. The average molecular weight is 363 g/mol. The van der Waals surface area contributed by atoms with Gasteiger partial charge in [0.15, 0.2) is 0 Å². The number of ether oxygens (including phenoxy) is 1. The molecule has 0 bridgehead atoms. The molecule has 0 saturated carbocycles. The van der Waals surface area contributed by atoms with Crippen molar-refractivity contribution >= 4 is 22.9 Å². The summed E-state index contributed by atoms with van der Waals surface area (Å²) in [7, 11) is 1.69. The molecule has 2 aromatic carbocycles. The van der Waals surface area contributed by atoms with E-state index in [0.29, 0.717) is 0 Å². The fourth-order valence-corrected chi connectivity index (χ4v) is 4.65. The van der Waals surface area contributed by atoms with Crippen LogP contribution in [0.25, 0.3) is 10.4 Å². The molecule has 3 aromatic rings. The Bertz CT molecular complexity index is 1000. The summed E-state index contributed by atoms with van der Waals surface area (Å²) in [5, 5.41) is 3.06. The number of methoxy groups -OCH3 is 1. The topological polar surface area (TPSA) is 38.3 Å². The zero-order valence-electron chi connectivity index (χ0n) is 15.2. The maximum absolute atomic E-state index is 12.8. The molecule has 0 spiro atoms. The quantitative estimate of drug-likeness (QED) is 0.677. The van der Waals surface area contributed by atoms with Gasteiger partial charge in [0.1, 0.15) is 5.75 Å². The van der Waals surface area contributed by atoms with Crippen LogP contribution in [0.2, 0.25) is 0 Å². The minimum Gasteiger partial charge on any atom is -0.497 e. The zero-order valence-corrected chi connectivity index (χ0v) is 16.0. The Kier molecular flexibility index (Phi) is 4.29. The SMILES string of the molecule is COc1ccc2c(c1)CCc1cc(C(=O)Nc3ccc(C)cc3C)sc1-2. The minimum atomic E-state index is -0.0357. The Balaban J connectivity index is 1.63. The molecule has 0 radical (unpaired) electrons. The second-order valence-corrected chi connectivity index (χ2v) is 7.81. The van der Waals surface area contributed by atoms with Gasteiger partial charge < -0.3 is 10.1 Å². The number of benzene rings is 2. The molecule has 1 aromatic heterocycles. The first kappa shape index (κ1) is 16.9. The maximum atomic E-state index is 12.8. The number of fused-ring (bicyclic) bond motifs is 3. The third-order valence-corrected chi connectivity index (χ3v) is 6.09. The van der Waals surface area contributed by atoms with E-state index in [1.807, 2.05) is 31.2 Å². The number of amides is 1. The molecule has 1 heterocycles. The number of hydrogen-bond acceptors (Lipinski definition) is 3. The van der Waals surface area contributed by atoms with Crippen molar-refractivity contribution < 1.29 is 9.53 Å². The van der Waals surface area contributed by atoms with Gasteiger partial charge in [-0.15, -0.1) is 11.3 Å². The molecule has 0 fully saturated rings. The summed E-state index contributed by atoms with van der Waals surface area (Å²) in [5.74, 6) is 0.850. The van der Waals surface area contributed by atoms with E-state index < -0.39 is 0 Å². The van der Waals surface area contributed by atoms with Crippen molar-refractivity contribution in [3.63, 3.8) is 0 Å². The van der Waals surface area contributed by atoms with E-state index in [2.05, 4.69) is 30.4 Å². The first-order valence-electron chi connectivity index (χ1n) is 8.74. The highest BCUT2D eigenvalue weighted by molar-refractivity contribution is 7.17. The molecule has 0 unspecified atom stereocenters. The van der Waals surface area contributed by atoms with Crippen LogP contribution in [-0.4, -0.2) is 13.0 Å². The van der Waals surface area contributed by atoms with Crippen molar-refractivity contribution in [2.75, 3.05) is 12.4 Å². The van der Waals surface area contributed by atoms with Gasteiger partial charge in [0.2, 0.25) is 0 Å². The second-order valence-electron chi connectivity index (χ2n) is 6.76. The molecule has 1 N–H and O–H groups in total. The summed E-state index contributed by atoms with van der Waals surface area (Å²) >= 11 is 1.57. The molecule has 4 rings (SSSR count). The number of rotatable bonds is 3. The van der Waals surface area contributed by atoms with Crippen molar-refractivity contribution in [3.8, 4) is 16.2 Å². The lowest BCUT2D eigenvalue weighted by Gasteiger charge is -2.16. The Labute approximate surface area is 157 Å². The summed E-state index contributed by atoms with van der Waals surface area (Å²) in [5.41, 5.74) is 6.93. The van der Waals surface area contributed by atoms with Gasteiger partial charge in [0.05, 0.1) is 12.0 Å². The van der Waals surface area contributed by atoms with Crippen LogP contribution < -0.4 is 10.1 Å². The molecule has 1 amide bonds. The fourth-order valence-electron chi connectivity index (χ4n) is 3.49. The highest BCUT2D eigenvalue weighted by atomic mass is 32.1. The molecule has 0 saturated heterocycles. The minimum absolute atomic E-state index is 0.0357. The summed E-state index contributed by atoms with van der Waals surface area (Å²) in [6.07, 6.45) is 1.94. The Morgan fingerprint density at radius 1 is 1.04 bits per heavy atom. The molecule has 1 aliphatic carbocycles. The van der Waals surface area contributed by atoms with Crippen molar-refractivity contribution in [2.24, 2.45) is 0 Å². The van der Waals surface area contributed by atoms with Crippen LogP contribution in [0.4, 0.5) is 5.69 Å². The van der Waals surface area contributed by atoms with E-state index in [0.717, 1.165) is 34.7 Å². The molecule has 3 nitrogen and oxygen atoms in total. The smallest absolute Gasteiger partial charge is 0.265 e. The van der Waals surface area contributed by atoms with Crippen LogP contribution >= 0.6 is 11.3 Å². The van der Waals surface area contributed by atoms with Crippen molar-refractivity contribution in [1.82, 2.24) is 0 Å². The van der Waals surface area contributed by atoms with E-state index in [-0.39, 0.29) is 5.91 Å². The molecule has 26 heavy (non-hydrogen) atoms. The monoisotopic (exact) mass is 363 g/mol. The molecular formula is C22H21NO2S. The summed E-state index contributed by atoms with van der Waals surface area (Å²) in [4.78, 5) is 14.7. The van der Waals surface area contributed by atoms with E-state index in [9.17, 15) is 4.79 Å². The highest BCUT2D eigenvalue weighted by Gasteiger charge is 2.22. The number of carbonyl (C=O) groups is 1. The lowest BCUT2D eigenvalue weighted by atomic mass is 9.91. The third kappa shape index (κ3) is 3.01. The zero-order chi connectivity index (χ0) is 18.3. The van der Waals surface area contributed by atoms with Gasteiger partial charge in [-0.1, -0.05) is 17.7 Å². The lowest BCUT2D eigenvalue weighted by molar-refractivity contribution is 0.103. The van der Waals surface area contributed by atoms with E-state index in [4.69, 9.17) is 4.74 Å². The molecule has 4 heteroatoms. The van der Waals surface area contributed by atoms with Gasteiger partial charge in [-0.05, 0) is 79.3 Å². The van der Waals surface area contributed by atoms with E-state index in [1.165, 1.54) is 27.1 Å². The number of anilines is 1. The van der Waals surface area contributed by atoms with Crippen molar-refractivity contribution in [1.29, 1.82) is 0 Å². The van der Waals surface area contributed by atoms with Gasteiger partial charge >= 0.3 is 0 Å². The van der Waals surface area contributed by atoms with Gasteiger partial charge in [0.25, 0.3) is 5.91 Å². The van der Waals surface area contributed by atoms with Crippen molar-refractivity contribution in [2.45, 2.75) is 26.7 Å². The average Bonchev–Trinajstić information content (AvgIpc) is 3.08. The number of hydrogen-bond donors (Lipinski definition) is 1. The number of carbonyl (C=O) groups excluding carboxylic acids is 1. The first-order chi connectivity index (χ1) is 12.5. The van der Waals surface area contributed by atoms with Crippen LogP contribution in [0.3, 0.4) is 0 Å². The molecule has 0 aliphatic heterocycles. The summed E-state index contributed by atoms with van der Waals surface area (Å²) in [6, 6.07) is 14.3. The third-order valence-electron chi connectivity index (χ3n) is 4.88. The standard InChI is InChI=1S/C22H21NO2S/c1-13-4-9-19(14(2)10-13)23-22(24)20-12-16-6-5-15-11-17(25-3)7-8-18(15)21(16)26-20/h4,7-12H,5-6H2,1-3H3,(H,23,24). The van der Waals surface area contributed by atoms with Gasteiger partial charge in [0, 0.05) is 10.6 Å². The normalized spacial score (nSPS) is 12.3. The Hall–Kier alpha value is -2.59. The lowest BCUT2D eigenvalue weighted by Crippen LogP contribution is -2.11. The van der Waals surface area contributed by atoms with Gasteiger partial charge in [-0.2, -0.15) is 0 Å².